The summed E-state index contributed by atoms with van der Waals surface area (Å²) in [6.07, 6.45) is 2.53. The second-order valence-electron chi connectivity index (χ2n) is 5.56. The highest BCUT2D eigenvalue weighted by Crippen LogP contribution is 2.18. The summed E-state index contributed by atoms with van der Waals surface area (Å²) in [5.74, 6) is 0.0948. The van der Waals surface area contributed by atoms with Crippen LogP contribution in [0.25, 0.3) is 10.9 Å². The number of ether oxygens (including phenoxy) is 1. The van der Waals surface area contributed by atoms with E-state index in [2.05, 4.69) is 10.4 Å². The third-order valence-corrected chi connectivity index (χ3v) is 3.97. The number of nitrogens with zero attached hydrogens (tertiary/aromatic N) is 2. The molecule has 5 heteroatoms. The largest absolute Gasteiger partial charge is 0.370 e. The van der Waals surface area contributed by atoms with E-state index in [1.165, 1.54) is 0 Å². The number of aryl methyl sites for hydroxylation is 1. The Labute approximate surface area is 124 Å². The van der Waals surface area contributed by atoms with E-state index in [9.17, 15) is 4.79 Å². The van der Waals surface area contributed by atoms with Crippen molar-refractivity contribution in [1.82, 2.24) is 15.1 Å². The minimum Gasteiger partial charge on any atom is -0.370 e. The number of rotatable bonds is 5. The highest BCUT2D eigenvalue weighted by atomic mass is 16.5. The van der Waals surface area contributed by atoms with Gasteiger partial charge in [0.15, 0.2) is 5.78 Å². The molecule has 0 radical (unpaired) electrons. The van der Waals surface area contributed by atoms with Crippen LogP contribution in [0.15, 0.2) is 24.3 Å². The van der Waals surface area contributed by atoms with Crippen LogP contribution in [0.2, 0.25) is 0 Å². The monoisotopic (exact) mass is 287 g/mol. The Hall–Kier alpha value is -1.72. The number of benzene rings is 1. The number of nitrogens with one attached hydrogen (secondary N) is 1. The fourth-order valence-electron chi connectivity index (χ4n) is 2.83. The van der Waals surface area contributed by atoms with E-state index in [1.807, 2.05) is 36.0 Å². The summed E-state index contributed by atoms with van der Waals surface area (Å²) in [7, 11) is 1.90. The van der Waals surface area contributed by atoms with Crippen molar-refractivity contribution in [1.29, 1.82) is 0 Å². The molecule has 1 aliphatic rings. The first-order valence-corrected chi connectivity index (χ1v) is 7.48. The second-order valence-corrected chi connectivity index (χ2v) is 5.56. The summed E-state index contributed by atoms with van der Waals surface area (Å²) in [6, 6.07) is 7.99. The first-order chi connectivity index (χ1) is 10.2. The van der Waals surface area contributed by atoms with Gasteiger partial charge in [-0.15, -0.1) is 0 Å². The van der Waals surface area contributed by atoms with Crippen molar-refractivity contribution >= 4 is 16.7 Å². The molecule has 2 heterocycles. The van der Waals surface area contributed by atoms with Crippen LogP contribution in [0.4, 0.5) is 0 Å². The number of fused-ring (bicyclic) bond motifs is 1. The number of Topliss-reactive ketones (excluding diaryl/α,β-unsaturated/α-hetero) is 1. The molecule has 0 unspecified atom stereocenters. The molecule has 1 aliphatic heterocycles. The van der Waals surface area contributed by atoms with Gasteiger partial charge in [-0.3, -0.25) is 9.48 Å². The van der Waals surface area contributed by atoms with Crippen LogP contribution >= 0.6 is 0 Å². The first kappa shape index (κ1) is 14.2. The van der Waals surface area contributed by atoms with Crippen LogP contribution < -0.4 is 5.32 Å². The van der Waals surface area contributed by atoms with Crippen LogP contribution in [-0.2, 0) is 23.0 Å². The maximum absolute atomic E-state index is 12.1. The molecule has 0 spiro atoms. The van der Waals surface area contributed by atoms with Gasteiger partial charge in [0, 0.05) is 12.4 Å². The normalized spacial score (nSPS) is 16.4. The van der Waals surface area contributed by atoms with E-state index in [4.69, 9.17) is 4.74 Å². The molecule has 3 rings (SSSR count). The molecule has 21 heavy (non-hydrogen) atoms. The molecule has 1 N–H and O–H groups in total. The average Bonchev–Trinajstić information content (AvgIpc) is 2.83. The molecule has 112 valence electrons. The fourth-order valence-corrected chi connectivity index (χ4v) is 2.83. The summed E-state index contributed by atoms with van der Waals surface area (Å²) in [5, 5.41) is 8.79. The number of piperidine rings is 1. The number of para-hydroxylation sites is 1. The van der Waals surface area contributed by atoms with Gasteiger partial charge >= 0.3 is 0 Å². The number of aromatic nitrogens is 2. The average molecular weight is 287 g/mol. The van der Waals surface area contributed by atoms with Crippen molar-refractivity contribution in [3.05, 3.63) is 30.0 Å². The quantitative estimate of drug-likeness (QED) is 0.904. The molecule has 2 aromatic rings. The third kappa shape index (κ3) is 3.31. The smallest absolute Gasteiger partial charge is 0.164 e. The van der Waals surface area contributed by atoms with Crippen molar-refractivity contribution in [2.75, 3.05) is 19.7 Å². The van der Waals surface area contributed by atoms with Crippen LogP contribution in [0.1, 0.15) is 18.5 Å². The molecule has 1 aromatic carbocycles. The predicted molar refractivity (Wildman–Crippen MR) is 81.3 cm³/mol. The van der Waals surface area contributed by atoms with Crippen LogP contribution in [0, 0.1) is 0 Å². The standard InChI is InChI=1S/C16H21N3O2/c1-19-16-5-3-2-4-14(16)15(18-19)10-12(20)11-21-13-6-8-17-9-7-13/h2-5,13,17H,6-11H2,1H3. The van der Waals surface area contributed by atoms with Crippen molar-refractivity contribution in [3.63, 3.8) is 0 Å². The van der Waals surface area contributed by atoms with Gasteiger partial charge in [0.05, 0.1) is 23.7 Å². The van der Waals surface area contributed by atoms with E-state index in [0.29, 0.717) is 6.42 Å². The zero-order valence-electron chi connectivity index (χ0n) is 12.3. The van der Waals surface area contributed by atoms with E-state index >= 15 is 0 Å². The number of ketones is 1. The summed E-state index contributed by atoms with van der Waals surface area (Å²) in [4.78, 5) is 12.1. The van der Waals surface area contributed by atoms with Gasteiger partial charge in [0.1, 0.15) is 6.61 Å². The van der Waals surface area contributed by atoms with Gasteiger partial charge in [0.2, 0.25) is 0 Å². The number of carbonyl (C=O) groups excluding carboxylic acids is 1. The Bertz CT molecular complexity index is 629. The number of hydrogen-bond acceptors (Lipinski definition) is 4. The first-order valence-electron chi connectivity index (χ1n) is 7.48. The SMILES string of the molecule is Cn1nc(CC(=O)COC2CCNCC2)c2ccccc21. The highest BCUT2D eigenvalue weighted by molar-refractivity contribution is 5.89. The second kappa shape index (κ2) is 6.37. The topological polar surface area (TPSA) is 56.2 Å². The van der Waals surface area contributed by atoms with Gasteiger partial charge in [-0.1, -0.05) is 18.2 Å². The van der Waals surface area contributed by atoms with Gasteiger partial charge < -0.3 is 10.1 Å². The van der Waals surface area contributed by atoms with Crippen LogP contribution in [0.5, 0.6) is 0 Å². The van der Waals surface area contributed by atoms with E-state index < -0.39 is 0 Å². The Morgan fingerprint density at radius 2 is 2.14 bits per heavy atom. The van der Waals surface area contributed by atoms with Crippen molar-refractivity contribution in [2.24, 2.45) is 7.05 Å². The minimum absolute atomic E-state index is 0.0948. The molecular formula is C16H21N3O2. The van der Waals surface area contributed by atoms with Gasteiger partial charge in [0.25, 0.3) is 0 Å². The van der Waals surface area contributed by atoms with Crippen molar-refractivity contribution in [3.8, 4) is 0 Å². The van der Waals surface area contributed by atoms with Crippen LogP contribution in [0.3, 0.4) is 0 Å². The maximum atomic E-state index is 12.1. The molecule has 1 aromatic heterocycles. The summed E-state index contributed by atoms with van der Waals surface area (Å²) < 4.78 is 7.54. The maximum Gasteiger partial charge on any atom is 0.164 e. The van der Waals surface area contributed by atoms with Gasteiger partial charge in [-0.2, -0.15) is 5.10 Å². The summed E-state index contributed by atoms with van der Waals surface area (Å²) in [5.41, 5.74) is 1.89. The fraction of sp³-hybridized carbons (Fsp3) is 0.500. The van der Waals surface area contributed by atoms with Crippen LogP contribution in [-0.4, -0.2) is 41.4 Å². The molecule has 0 bridgehead atoms. The Kier molecular flexibility index (Phi) is 4.31. The zero-order valence-corrected chi connectivity index (χ0v) is 12.3. The van der Waals surface area contributed by atoms with E-state index in [-0.39, 0.29) is 18.5 Å². The van der Waals surface area contributed by atoms with Gasteiger partial charge in [-0.05, 0) is 32.0 Å². The molecule has 1 fully saturated rings. The summed E-state index contributed by atoms with van der Waals surface area (Å²) >= 11 is 0. The Morgan fingerprint density at radius 1 is 1.38 bits per heavy atom. The Morgan fingerprint density at radius 3 is 2.95 bits per heavy atom. The lowest BCUT2D eigenvalue weighted by Gasteiger charge is -2.22. The lowest BCUT2D eigenvalue weighted by Crippen LogP contribution is -2.33. The predicted octanol–water partition coefficient (Wildman–Crippen LogP) is 1.45. The molecule has 0 saturated carbocycles. The highest BCUT2D eigenvalue weighted by Gasteiger charge is 2.16. The zero-order chi connectivity index (χ0) is 14.7. The molecular weight excluding hydrogens is 266 g/mol. The van der Waals surface area contributed by atoms with Crippen molar-refractivity contribution < 1.29 is 9.53 Å². The number of carbonyl (C=O) groups is 1. The molecule has 0 atom stereocenters. The van der Waals surface area contributed by atoms with Crippen molar-refractivity contribution in [2.45, 2.75) is 25.4 Å². The molecule has 0 aliphatic carbocycles. The third-order valence-electron chi connectivity index (χ3n) is 3.97. The van der Waals surface area contributed by atoms with E-state index in [0.717, 1.165) is 42.5 Å². The van der Waals surface area contributed by atoms with Gasteiger partial charge in [-0.25, -0.2) is 0 Å². The summed E-state index contributed by atoms with van der Waals surface area (Å²) in [6.45, 7) is 2.14. The minimum atomic E-state index is 0.0948. The number of hydrogen-bond donors (Lipinski definition) is 1. The molecule has 1 saturated heterocycles. The lowest BCUT2D eigenvalue weighted by molar-refractivity contribution is -0.125. The molecule has 0 amide bonds. The van der Waals surface area contributed by atoms with E-state index in [1.54, 1.807) is 0 Å². The Balaban J connectivity index is 1.61. The molecule has 5 nitrogen and oxygen atoms in total. The lowest BCUT2D eigenvalue weighted by atomic mass is 10.1.